The predicted molar refractivity (Wildman–Crippen MR) is 87.2 cm³/mol. The Bertz CT molecular complexity index is 621. The first kappa shape index (κ1) is 16.1. The molecule has 4 heteroatoms. The molecule has 1 aromatic heterocycles. The average molecular weight is 306 g/mol. The Kier molecular flexibility index (Phi) is 4.22. The number of halogens is 1. The normalized spacial score (nSPS) is 12.7. The molecular weight excluding hydrogens is 283 g/mol. The van der Waals surface area contributed by atoms with Gasteiger partial charge in [0.05, 0.1) is 5.69 Å². The summed E-state index contributed by atoms with van der Waals surface area (Å²) < 4.78 is 13.1. The number of rotatable bonds is 3. The molecule has 0 fully saturated rings. The van der Waals surface area contributed by atoms with E-state index in [0.717, 1.165) is 21.1 Å². The van der Waals surface area contributed by atoms with Crippen LogP contribution >= 0.6 is 11.3 Å². The molecule has 0 spiro atoms. The third-order valence-electron chi connectivity index (χ3n) is 3.69. The van der Waals surface area contributed by atoms with Crippen LogP contribution in [-0.4, -0.2) is 4.98 Å². The van der Waals surface area contributed by atoms with Crippen LogP contribution in [0.15, 0.2) is 24.3 Å². The molecule has 0 atom stereocenters. The van der Waals surface area contributed by atoms with Gasteiger partial charge in [0.15, 0.2) is 0 Å². The summed E-state index contributed by atoms with van der Waals surface area (Å²) in [5.41, 5.74) is 7.73. The van der Waals surface area contributed by atoms with Crippen molar-refractivity contribution in [2.45, 2.75) is 52.0 Å². The van der Waals surface area contributed by atoms with E-state index in [0.29, 0.717) is 6.54 Å². The molecule has 114 valence electrons. The van der Waals surface area contributed by atoms with E-state index in [4.69, 9.17) is 10.7 Å². The number of benzene rings is 1. The second-order valence-electron chi connectivity index (χ2n) is 6.88. The molecule has 0 aliphatic rings. The SMILES string of the molecule is CC(C)(C)c1nc(C(C)(C)c2ccc(F)cc2)sc1CN. The van der Waals surface area contributed by atoms with Crippen LogP contribution in [0.25, 0.3) is 0 Å². The maximum atomic E-state index is 13.1. The third-order valence-corrected chi connectivity index (χ3v) is 5.10. The second kappa shape index (κ2) is 5.50. The van der Waals surface area contributed by atoms with Gasteiger partial charge < -0.3 is 5.73 Å². The van der Waals surface area contributed by atoms with Crippen LogP contribution in [0.1, 0.15) is 55.8 Å². The molecule has 0 amide bonds. The summed E-state index contributed by atoms with van der Waals surface area (Å²) in [6, 6.07) is 6.66. The molecule has 1 heterocycles. The van der Waals surface area contributed by atoms with E-state index >= 15 is 0 Å². The molecular formula is C17H23FN2S. The molecule has 0 aliphatic carbocycles. The van der Waals surface area contributed by atoms with Gasteiger partial charge in [-0.15, -0.1) is 11.3 Å². The zero-order chi connectivity index (χ0) is 15.8. The van der Waals surface area contributed by atoms with Crippen molar-refractivity contribution >= 4 is 11.3 Å². The van der Waals surface area contributed by atoms with E-state index < -0.39 is 0 Å². The van der Waals surface area contributed by atoms with E-state index in [2.05, 4.69) is 34.6 Å². The highest BCUT2D eigenvalue weighted by Gasteiger charge is 2.31. The molecule has 2 N–H and O–H groups in total. The smallest absolute Gasteiger partial charge is 0.123 e. The van der Waals surface area contributed by atoms with Gasteiger partial charge in [-0.05, 0) is 31.5 Å². The monoisotopic (exact) mass is 306 g/mol. The lowest BCUT2D eigenvalue weighted by molar-refractivity contribution is 0.553. The molecule has 0 saturated carbocycles. The summed E-state index contributed by atoms with van der Waals surface area (Å²) in [5, 5.41) is 1.03. The first-order chi connectivity index (χ1) is 9.66. The number of thiazole rings is 1. The summed E-state index contributed by atoms with van der Waals surface area (Å²) >= 11 is 1.66. The van der Waals surface area contributed by atoms with Crippen LogP contribution in [0.3, 0.4) is 0 Å². The third kappa shape index (κ3) is 3.16. The second-order valence-corrected chi connectivity index (χ2v) is 7.96. The predicted octanol–water partition coefficient (Wildman–Crippen LogP) is 4.36. The highest BCUT2D eigenvalue weighted by molar-refractivity contribution is 7.12. The van der Waals surface area contributed by atoms with E-state index in [9.17, 15) is 4.39 Å². The van der Waals surface area contributed by atoms with Crippen LogP contribution in [0.4, 0.5) is 4.39 Å². The van der Waals surface area contributed by atoms with E-state index in [1.165, 1.54) is 12.1 Å². The van der Waals surface area contributed by atoms with Crippen molar-refractivity contribution in [3.63, 3.8) is 0 Å². The minimum atomic E-state index is -0.258. The summed E-state index contributed by atoms with van der Waals surface area (Å²) in [5.74, 6) is -0.216. The fourth-order valence-corrected chi connectivity index (χ4v) is 3.61. The van der Waals surface area contributed by atoms with Gasteiger partial charge in [-0.25, -0.2) is 9.37 Å². The Morgan fingerprint density at radius 1 is 1.10 bits per heavy atom. The lowest BCUT2D eigenvalue weighted by Gasteiger charge is -2.23. The quantitative estimate of drug-likeness (QED) is 0.915. The molecule has 0 unspecified atom stereocenters. The highest BCUT2D eigenvalue weighted by atomic mass is 32.1. The van der Waals surface area contributed by atoms with Crippen molar-refractivity contribution in [2.24, 2.45) is 5.73 Å². The van der Waals surface area contributed by atoms with Crippen molar-refractivity contribution in [1.29, 1.82) is 0 Å². The Morgan fingerprint density at radius 3 is 2.10 bits per heavy atom. The fraction of sp³-hybridized carbons (Fsp3) is 0.471. The van der Waals surface area contributed by atoms with Gasteiger partial charge in [0, 0.05) is 22.3 Å². The maximum Gasteiger partial charge on any atom is 0.123 e. The summed E-state index contributed by atoms with van der Waals surface area (Å²) in [4.78, 5) is 6.00. The fourth-order valence-electron chi connectivity index (χ4n) is 2.33. The zero-order valence-corrected chi connectivity index (χ0v) is 14.1. The molecule has 2 rings (SSSR count). The van der Waals surface area contributed by atoms with E-state index in [-0.39, 0.29) is 16.6 Å². The van der Waals surface area contributed by atoms with Crippen molar-refractivity contribution in [2.75, 3.05) is 0 Å². The van der Waals surface area contributed by atoms with Crippen molar-refractivity contribution in [1.82, 2.24) is 4.98 Å². The van der Waals surface area contributed by atoms with Crippen LogP contribution in [0.2, 0.25) is 0 Å². The van der Waals surface area contributed by atoms with Crippen LogP contribution < -0.4 is 5.73 Å². The minimum Gasteiger partial charge on any atom is -0.326 e. The number of hydrogen-bond donors (Lipinski definition) is 1. The highest BCUT2D eigenvalue weighted by Crippen LogP contribution is 2.38. The van der Waals surface area contributed by atoms with Crippen molar-refractivity contribution < 1.29 is 4.39 Å². The Labute approximate surface area is 130 Å². The number of nitrogens with zero attached hydrogens (tertiary/aromatic N) is 1. The summed E-state index contributed by atoms with van der Waals surface area (Å²) in [7, 11) is 0. The topological polar surface area (TPSA) is 38.9 Å². The van der Waals surface area contributed by atoms with E-state index in [1.54, 1.807) is 11.3 Å². The van der Waals surface area contributed by atoms with Crippen molar-refractivity contribution in [3.8, 4) is 0 Å². The first-order valence-corrected chi connectivity index (χ1v) is 7.94. The van der Waals surface area contributed by atoms with Gasteiger partial charge in [0.1, 0.15) is 10.8 Å². The van der Waals surface area contributed by atoms with Gasteiger partial charge in [-0.3, -0.25) is 0 Å². The molecule has 1 aromatic carbocycles. The average Bonchev–Trinajstić information content (AvgIpc) is 2.84. The van der Waals surface area contributed by atoms with Crippen LogP contribution in [-0.2, 0) is 17.4 Å². The molecule has 2 nitrogen and oxygen atoms in total. The first-order valence-electron chi connectivity index (χ1n) is 7.13. The summed E-state index contributed by atoms with van der Waals surface area (Å²) in [6.45, 7) is 11.2. The lowest BCUT2D eigenvalue weighted by Crippen LogP contribution is -2.20. The van der Waals surface area contributed by atoms with Crippen LogP contribution in [0.5, 0.6) is 0 Å². The molecule has 21 heavy (non-hydrogen) atoms. The number of nitrogens with two attached hydrogens (primary N) is 1. The van der Waals surface area contributed by atoms with Crippen molar-refractivity contribution in [3.05, 3.63) is 51.2 Å². The van der Waals surface area contributed by atoms with Gasteiger partial charge >= 0.3 is 0 Å². The number of hydrogen-bond acceptors (Lipinski definition) is 3. The van der Waals surface area contributed by atoms with Gasteiger partial charge in [0.2, 0.25) is 0 Å². The molecule has 0 aliphatic heterocycles. The molecule has 2 aromatic rings. The maximum absolute atomic E-state index is 13.1. The molecule has 0 saturated heterocycles. The van der Waals surface area contributed by atoms with Gasteiger partial charge in [-0.1, -0.05) is 32.9 Å². The van der Waals surface area contributed by atoms with Crippen LogP contribution in [0, 0.1) is 5.82 Å². The molecule has 0 radical (unpaired) electrons. The minimum absolute atomic E-state index is 0.0255. The van der Waals surface area contributed by atoms with Gasteiger partial charge in [0.25, 0.3) is 0 Å². The molecule has 0 bridgehead atoms. The Hall–Kier alpha value is -1.26. The Morgan fingerprint density at radius 2 is 1.67 bits per heavy atom. The Balaban J connectivity index is 2.50. The standard InChI is InChI=1S/C17H23FN2S/c1-16(2,3)14-13(10-19)21-15(20-14)17(4,5)11-6-8-12(18)9-7-11/h6-9H,10,19H2,1-5H3. The zero-order valence-electron chi connectivity index (χ0n) is 13.3. The van der Waals surface area contributed by atoms with Gasteiger partial charge in [-0.2, -0.15) is 0 Å². The summed E-state index contributed by atoms with van der Waals surface area (Å²) in [6.07, 6.45) is 0. The van der Waals surface area contributed by atoms with E-state index in [1.807, 2.05) is 12.1 Å². The lowest BCUT2D eigenvalue weighted by atomic mass is 9.85. The number of aromatic nitrogens is 1. The largest absolute Gasteiger partial charge is 0.326 e.